The zero-order valence-corrected chi connectivity index (χ0v) is 11.7. The number of aromatic nitrogens is 4. The van der Waals surface area contributed by atoms with Gasteiger partial charge in [0.15, 0.2) is 6.29 Å². The van der Waals surface area contributed by atoms with Crippen molar-refractivity contribution in [1.29, 1.82) is 0 Å². The largest absolute Gasteiger partial charge is 0.335 e. The van der Waals surface area contributed by atoms with Gasteiger partial charge in [0.05, 0.1) is 11.3 Å². The van der Waals surface area contributed by atoms with E-state index in [1.165, 1.54) is 0 Å². The van der Waals surface area contributed by atoms with Gasteiger partial charge in [0.25, 0.3) is 0 Å². The molecule has 0 bridgehead atoms. The quantitative estimate of drug-likeness (QED) is 0.623. The molecule has 0 N–H and O–H groups in total. The van der Waals surface area contributed by atoms with E-state index < -0.39 is 0 Å². The maximum atomic E-state index is 11.1. The lowest BCUT2D eigenvalue weighted by atomic mass is 10.2. The van der Waals surface area contributed by atoms with Crippen LogP contribution in [-0.2, 0) is 13.0 Å². The van der Waals surface area contributed by atoms with Gasteiger partial charge >= 0.3 is 0 Å². The Bertz CT molecular complexity index is 594. The number of imidazole rings is 1. The highest BCUT2D eigenvalue weighted by Gasteiger charge is 2.13. The molecule has 5 nitrogen and oxygen atoms in total. The first-order chi connectivity index (χ1) is 9.15. The third-order valence-electron chi connectivity index (χ3n) is 2.80. The van der Waals surface area contributed by atoms with Crippen molar-refractivity contribution in [3.8, 4) is 0 Å². The third kappa shape index (κ3) is 2.98. The number of carbonyl (C=O) groups excluding carboxylic acids is 1. The summed E-state index contributed by atoms with van der Waals surface area (Å²) in [5, 5.41) is 0.200. The van der Waals surface area contributed by atoms with Crippen LogP contribution in [0, 0.1) is 6.92 Å². The summed E-state index contributed by atoms with van der Waals surface area (Å²) in [6, 6.07) is 0. The maximum Gasteiger partial charge on any atom is 0.155 e. The summed E-state index contributed by atoms with van der Waals surface area (Å²) in [5.41, 5.74) is 0.967. The SMILES string of the molecule is CCCn1ccnc1Cc1nc(C)nc(Cl)c1C=O. The lowest BCUT2D eigenvalue weighted by molar-refractivity contribution is 0.112. The number of aldehydes is 1. The van der Waals surface area contributed by atoms with Gasteiger partial charge < -0.3 is 4.57 Å². The van der Waals surface area contributed by atoms with E-state index in [2.05, 4.69) is 26.4 Å². The zero-order valence-electron chi connectivity index (χ0n) is 10.9. The van der Waals surface area contributed by atoms with E-state index in [4.69, 9.17) is 11.6 Å². The molecule has 0 radical (unpaired) electrons. The van der Waals surface area contributed by atoms with Gasteiger partial charge in [-0.3, -0.25) is 4.79 Å². The lowest BCUT2D eigenvalue weighted by Crippen LogP contribution is -2.08. The first-order valence-corrected chi connectivity index (χ1v) is 6.51. The van der Waals surface area contributed by atoms with Crippen molar-refractivity contribution in [2.24, 2.45) is 0 Å². The highest BCUT2D eigenvalue weighted by Crippen LogP contribution is 2.17. The second kappa shape index (κ2) is 5.93. The standard InChI is InChI=1S/C13H15ClN4O/c1-3-5-18-6-4-15-12(18)7-11-10(8-19)13(14)17-9(2)16-11/h4,6,8H,3,5,7H2,1-2H3. The Labute approximate surface area is 116 Å². The predicted molar refractivity (Wildman–Crippen MR) is 72.5 cm³/mol. The van der Waals surface area contributed by atoms with Crippen molar-refractivity contribution in [3.05, 3.63) is 40.5 Å². The van der Waals surface area contributed by atoms with Crippen molar-refractivity contribution < 1.29 is 4.79 Å². The van der Waals surface area contributed by atoms with E-state index in [9.17, 15) is 4.79 Å². The van der Waals surface area contributed by atoms with Crippen LogP contribution < -0.4 is 0 Å². The summed E-state index contributed by atoms with van der Waals surface area (Å²) in [5.74, 6) is 1.43. The molecule has 0 spiro atoms. The van der Waals surface area contributed by atoms with Crippen molar-refractivity contribution in [2.45, 2.75) is 33.2 Å². The minimum absolute atomic E-state index is 0.200. The number of nitrogens with zero attached hydrogens (tertiary/aromatic N) is 4. The van der Waals surface area contributed by atoms with Gasteiger partial charge in [-0.05, 0) is 13.3 Å². The van der Waals surface area contributed by atoms with Gasteiger partial charge in [-0.2, -0.15) is 0 Å². The highest BCUT2D eigenvalue weighted by molar-refractivity contribution is 6.31. The number of aryl methyl sites for hydroxylation is 2. The van der Waals surface area contributed by atoms with Gasteiger partial charge in [-0.15, -0.1) is 0 Å². The van der Waals surface area contributed by atoms with E-state index in [1.54, 1.807) is 13.1 Å². The lowest BCUT2D eigenvalue weighted by Gasteiger charge is -2.08. The monoisotopic (exact) mass is 278 g/mol. The molecule has 0 aliphatic rings. The molecule has 2 heterocycles. The molecular formula is C13H15ClN4O. The van der Waals surface area contributed by atoms with Crippen molar-refractivity contribution in [3.63, 3.8) is 0 Å². The van der Waals surface area contributed by atoms with Crippen LogP contribution in [0.1, 0.15) is 41.0 Å². The minimum atomic E-state index is 0.200. The smallest absolute Gasteiger partial charge is 0.155 e. The number of carbonyl (C=O) groups is 1. The highest BCUT2D eigenvalue weighted by atomic mass is 35.5. The summed E-state index contributed by atoms with van der Waals surface area (Å²) in [6.07, 6.45) is 5.87. The second-order valence-electron chi connectivity index (χ2n) is 4.25. The molecule has 2 aromatic heterocycles. The van der Waals surface area contributed by atoms with Gasteiger partial charge in [0.1, 0.15) is 16.8 Å². The van der Waals surface area contributed by atoms with Crippen LogP contribution >= 0.6 is 11.6 Å². The molecule has 0 aliphatic heterocycles. The first-order valence-electron chi connectivity index (χ1n) is 6.14. The summed E-state index contributed by atoms with van der Waals surface area (Å²) in [7, 11) is 0. The zero-order chi connectivity index (χ0) is 13.8. The van der Waals surface area contributed by atoms with E-state index >= 15 is 0 Å². The molecule has 0 saturated carbocycles. The van der Waals surface area contributed by atoms with E-state index in [-0.39, 0.29) is 5.15 Å². The summed E-state index contributed by atoms with van der Waals surface area (Å²) in [4.78, 5) is 23.7. The van der Waals surface area contributed by atoms with Crippen LogP contribution in [0.3, 0.4) is 0 Å². The Morgan fingerprint density at radius 3 is 2.89 bits per heavy atom. The van der Waals surface area contributed by atoms with Crippen LogP contribution in [-0.4, -0.2) is 25.8 Å². The second-order valence-corrected chi connectivity index (χ2v) is 4.61. The normalized spacial score (nSPS) is 10.7. The number of hydrogen-bond donors (Lipinski definition) is 0. The molecule has 0 unspecified atom stereocenters. The summed E-state index contributed by atoms with van der Waals surface area (Å²) in [6.45, 7) is 4.75. The number of rotatable bonds is 5. The Kier molecular flexibility index (Phi) is 4.27. The predicted octanol–water partition coefficient (Wildman–Crippen LogP) is 2.45. The molecule has 2 aromatic rings. The molecule has 0 aromatic carbocycles. The Morgan fingerprint density at radius 1 is 1.42 bits per heavy atom. The topological polar surface area (TPSA) is 60.7 Å². The van der Waals surface area contributed by atoms with Crippen LogP contribution in [0.25, 0.3) is 0 Å². The fraction of sp³-hybridized carbons (Fsp3) is 0.385. The van der Waals surface area contributed by atoms with Crippen LogP contribution in [0.2, 0.25) is 5.15 Å². The molecule has 6 heteroatoms. The van der Waals surface area contributed by atoms with Crippen molar-refractivity contribution in [1.82, 2.24) is 19.5 Å². The summed E-state index contributed by atoms with van der Waals surface area (Å²) < 4.78 is 2.06. The number of hydrogen-bond acceptors (Lipinski definition) is 4. The number of halogens is 1. The molecule has 0 amide bonds. The van der Waals surface area contributed by atoms with Gasteiger partial charge in [0.2, 0.25) is 0 Å². The van der Waals surface area contributed by atoms with Crippen molar-refractivity contribution >= 4 is 17.9 Å². The fourth-order valence-electron chi connectivity index (χ4n) is 1.95. The average Bonchev–Trinajstić information content (AvgIpc) is 2.77. The molecule has 2 rings (SSSR count). The molecule has 100 valence electrons. The third-order valence-corrected chi connectivity index (χ3v) is 3.09. The molecule has 19 heavy (non-hydrogen) atoms. The molecule has 0 fully saturated rings. The Morgan fingerprint density at radius 2 is 2.21 bits per heavy atom. The van der Waals surface area contributed by atoms with Crippen LogP contribution in [0.15, 0.2) is 12.4 Å². The molecule has 0 saturated heterocycles. The van der Waals surface area contributed by atoms with Crippen molar-refractivity contribution in [2.75, 3.05) is 0 Å². The summed E-state index contributed by atoms with van der Waals surface area (Å²) >= 11 is 5.97. The van der Waals surface area contributed by atoms with Gasteiger partial charge in [-0.25, -0.2) is 15.0 Å². The van der Waals surface area contributed by atoms with Gasteiger partial charge in [-0.1, -0.05) is 18.5 Å². The van der Waals surface area contributed by atoms with Crippen LogP contribution in [0.4, 0.5) is 0 Å². The van der Waals surface area contributed by atoms with E-state index in [0.717, 1.165) is 18.8 Å². The average molecular weight is 279 g/mol. The van der Waals surface area contributed by atoms with Crippen LogP contribution in [0.5, 0.6) is 0 Å². The maximum absolute atomic E-state index is 11.1. The Hall–Kier alpha value is -1.75. The van der Waals surface area contributed by atoms with E-state index in [0.29, 0.717) is 29.8 Å². The van der Waals surface area contributed by atoms with Gasteiger partial charge in [0, 0.05) is 25.4 Å². The fourth-order valence-corrected chi connectivity index (χ4v) is 2.23. The Balaban J connectivity index is 2.37. The van der Waals surface area contributed by atoms with E-state index in [1.807, 2.05) is 6.20 Å². The minimum Gasteiger partial charge on any atom is -0.335 e. The molecule has 0 aliphatic carbocycles. The first kappa shape index (κ1) is 13.7. The molecular weight excluding hydrogens is 264 g/mol. The molecule has 0 atom stereocenters.